The van der Waals surface area contributed by atoms with Crippen LogP contribution >= 0.6 is 0 Å². The van der Waals surface area contributed by atoms with Gasteiger partial charge >= 0.3 is 0 Å². The fraction of sp³-hybridized carbons (Fsp3) is 0.400. The van der Waals surface area contributed by atoms with Crippen molar-refractivity contribution in [2.45, 2.75) is 26.2 Å². The van der Waals surface area contributed by atoms with Crippen molar-refractivity contribution < 1.29 is 5.11 Å². The van der Waals surface area contributed by atoms with Gasteiger partial charge in [-0.25, -0.2) is 0 Å². The van der Waals surface area contributed by atoms with Gasteiger partial charge in [-0.15, -0.1) is 0 Å². The summed E-state index contributed by atoms with van der Waals surface area (Å²) in [5, 5.41) is 10.7. The van der Waals surface area contributed by atoms with E-state index < -0.39 is 0 Å². The number of hydrogen-bond donors (Lipinski definition) is 0. The number of rotatable bonds is 3. The van der Waals surface area contributed by atoms with E-state index in [9.17, 15) is 5.11 Å². The smallest absolute Gasteiger partial charge is 0.178 e. The van der Waals surface area contributed by atoms with Gasteiger partial charge in [-0.3, -0.25) is 5.11 Å². The highest BCUT2D eigenvalue weighted by Gasteiger charge is 1.92. The van der Waals surface area contributed by atoms with Crippen LogP contribution in [0.5, 0.6) is 5.75 Å². The third-order valence-corrected chi connectivity index (χ3v) is 1.74. The molecule has 11 heavy (non-hydrogen) atoms. The highest BCUT2D eigenvalue weighted by molar-refractivity contribution is 5.25. The minimum absolute atomic E-state index is 0.102. The van der Waals surface area contributed by atoms with Gasteiger partial charge < -0.3 is 0 Å². The van der Waals surface area contributed by atoms with Crippen molar-refractivity contribution >= 4 is 0 Å². The fourth-order valence-electron chi connectivity index (χ4n) is 1.04. The van der Waals surface area contributed by atoms with E-state index in [0.717, 1.165) is 6.42 Å². The summed E-state index contributed by atoms with van der Waals surface area (Å²) in [5.74, 6) is 0.102. The quantitative estimate of drug-likeness (QED) is 0.629. The Morgan fingerprint density at radius 2 is 1.82 bits per heavy atom. The molecule has 59 valence electrons. The first-order valence-electron chi connectivity index (χ1n) is 4.09. The summed E-state index contributed by atoms with van der Waals surface area (Å²) in [4.78, 5) is 0. The zero-order valence-corrected chi connectivity index (χ0v) is 6.84. The molecule has 0 aromatic heterocycles. The number of benzene rings is 1. The van der Waals surface area contributed by atoms with Gasteiger partial charge in [0, 0.05) is 0 Å². The fourth-order valence-corrected chi connectivity index (χ4v) is 1.04. The lowest BCUT2D eigenvalue weighted by Gasteiger charge is -1.97. The van der Waals surface area contributed by atoms with E-state index in [1.54, 1.807) is 12.1 Å². The molecule has 0 saturated heterocycles. The van der Waals surface area contributed by atoms with Crippen LogP contribution in [0.25, 0.3) is 0 Å². The van der Waals surface area contributed by atoms with Gasteiger partial charge in [0.1, 0.15) is 0 Å². The molecule has 0 N–H and O–H groups in total. The molecular formula is C10H13O. The second-order valence-corrected chi connectivity index (χ2v) is 2.75. The molecule has 1 radical (unpaired) electrons. The van der Waals surface area contributed by atoms with E-state index in [2.05, 4.69) is 6.92 Å². The Kier molecular flexibility index (Phi) is 2.96. The van der Waals surface area contributed by atoms with Crippen molar-refractivity contribution in [2.75, 3.05) is 0 Å². The Hall–Kier alpha value is -0.980. The highest BCUT2D eigenvalue weighted by atomic mass is 16.3. The molecule has 0 atom stereocenters. The van der Waals surface area contributed by atoms with Gasteiger partial charge in [0.2, 0.25) is 0 Å². The van der Waals surface area contributed by atoms with E-state index in [1.165, 1.54) is 18.4 Å². The Morgan fingerprint density at radius 3 is 2.36 bits per heavy atom. The van der Waals surface area contributed by atoms with Gasteiger partial charge in [-0.2, -0.15) is 0 Å². The molecule has 0 bridgehead atoms. The number of hydrogen-bond acceptors (Lipinski definition) is 0. The van der Waals surface area contributed by atoms with Crippen LogP contribution in [0.3, 0.4) is 0 Å². The second-order valence-electron chi connectivity index (χ2n) is 2.75. The van der Waals surface area contributed by atoms with Crippen molar-refractivity contribution in [3.63, 3.8) is 0 Å². The Balaban J connectivity index is 2.52. The van der Waals surface area contributed by atoms with Crippen molar-refractivity contribution in [1.29, 1.82) is 0 Å². The minimum atomic E-state index is 0.102. The summed E-state index contributed by atoms with van der Waals surface area (Å²) >= 11 is 0. The predicted octanol–water partition coefficient (Wildman–Crippen LogP) is 3.17. The molecule has 1 aromatic carbocycles. The van der Waals surface area contributed by atoms with Gasteiger partial charge in [0.05, 0.1) is 0 Å². The Labute approximate surface area is 67.7 Å². The Bertz CT molecular complexity index is 201. The summed E-state index contributed by atoms with van der Waals surface area (Å²) < 4.78 is 0. The average molecular weight is 149 g/mol. The second kappa shape index (κ2) is 4.02. The lowest BCUT2D eigenvalue weighted by Crippen LogP contribution is -1.82. The molecule has 0 aliphatic heterocycles. The number of unbranched alkanes of at least 4 members (excludes halogenated alkanes) is 1. The molecule has 0 amide bonds. The monoisotopic (exact) mass is 149 g/mol. The van der Waals surface area contributed by atoms with Gasteiger partial charge in [0.25, 0.3) is 0 Å². The SMILES string of the molecule is CCCCc1ccc([O])cc1. The normalized spacial score (nSPS) is 9.91. The summed E-state index contributed by atoms with van der Waals surface area (Å²) in [6, 6.07) is 7.09. The summed E-state index contributed by atoms with van der Waals surface area (Å²) in [6.45, 7) is 2.17. The predicted molar refractivity (Wildman–Crippen MR) is 45.2 cm³/mol. The van der Waals surface area contributed by atoms with Crippen molar-refractivity contribution in [3.05, 3.63) is 29.8 Å². The molecular weight excluding hydrogens is 136 g/mol. The van der Waals surface area contributed by atoms with E-state index >= 15 is 0 Å². The molecule has 0 saturated carbocycles. The van der Waals surface area contributed by atoms with Crippen LogP contribution in [0, 0.1) is 0 Å². The lowest BCUT2D eigenvalue weighted by molar-refractivity contribution is 0.355. The summed E-state index contributed by atoms with van der Waals surface area (Å²) in [6.07, 6.45) is 3.51. The minimum Gasteiger partial charge on any atom is -0.290 e. The van der Waals surface area contributed by atoms with Gasteiger partial charge in [-0.1, -0.05) is 25.5 Å². The molecule has 0 fully saturated rings. The zero-order valence-electron chi connectivity index (χ0n) is 6.84. The average Bonchev–Trinajstić information content (AvgIpc) is 2.04. The van der Waals surface area contributed by atoms with Crippen LogP contribution in [-0.2, 0) is 11.5 Å². The van der Waals surface area contributed by atoms with E-state index in [0.29, 0.717) is 0 Å². The van der Waals surface area contributed by atoms with Crippen LogP contribution in [0.15, 0.2) is 24.3 Å². The lowest BCUT2D eigenvalue weighted by atomic mass is 10.1. The topological polar surface area (TPSA) is 19.9 Å². The van der Waals surface area contributed by atoms with Crippen LogP contribution in [0.2, 0.25) is 0 Å². The maximum absolute atomic E-state index is 10.7. The molecule has 0 unspecified atom stereocenters. The van der Waals surface area contributed by atoms with Crippen LogP contribution in [-0.4, -0.2) is 0 Å². The van der Waals surface area contributed by atoms with Crippen LogP contribution < -0.4 is 0 Å². The maximum atomic E-state index is 10.7. The van der Waals surface area contributed by atoms with Crippen LogP contribution in [0.1, 0.15) is 25.3 Å². The third-order valence-electron chi connectivity index (χ3n) is 1.74. The molecule has 0 spiro atoms. The molecule has 1 aromatic rings. The molecule has 0 aliphatic rings. The molecule has 1 heteroatoms. The van der Waals surface area contributed by atoms with E-state index in [1.807, 2.05) is 12.1 Å². The molecule has 1 rings (SSSR count). The summed E-state index contributed by atoms with van der Waals surface area (Å²) in [7, 11) is 0. The van der Waals surface area contributed by atoms with Gasteiger partial charge in [0.15, 0.2) is 5.75 Å². The van der Waals surface area contributed by atoms with Gasteiger partial charge in [-0.05, 0) is 30.5 Å². The van der Waals surface area contributed by atoms with Crippen LogP contribution in [0.4, 0.5) is 0 Å². The Morgan fingerprint density at radius 1 is 1.18 bits per heavy atom. The van der Waals surface area contributed by atoms with E-state index in [-0.39, 0.29) is 5.75 Å². The first kappa shape index (κ1) is 8.12. The largest absolute Gasteiger partial charge is 0.290 e. The van der Waals surface area contributed by atoms with Crippen molar-refractivity contribution in [2.24, 2.45) is 0 Å². The molecule has 1 nitrogen and oxygen atoms in total. The standard InChI is InChI=1S/C10H13O/c1-2-3-4-9-5-7-10(11)8-6-9/h5-8H,2-4H2,1H3. The van der Waals surface area contributed by atoms with Crippen molar-refractivity contribution in [3.8, 4) is 5.75 Å². The zero-order chi connectivity index (χ0) is 8.10. The van der Waals surface area contributed by atoms with E-state index in [4.69, 9.17) is 0 Å². The molecule has 0 heterocycles. The first-order valence-corrected chi connectivity index (χ1v) is 4.09. The summed E-state index contributed by atoms with van der Waals surface area (Å²) in [5.41, 5.74) is 1.27. The highest BCUT2D eigenvalue weighted by Crippen LogP contribution is 2.12. The third kappa shape index (κ3) is 2.62. The van der Waals surface area contributed by atoms with Crippen molar-refractivity contribution in [1.82, 2.24) is 0 Å². The molecule has 0 aliphatic carbocycles. The number of aryl methyl sites for hydroxylation is 1. The maximum Gasteiger partial charge on any atom is 0.178 e. The first-order chi connectivity index (χ1) is 5.33.